The van der Waals surface area contributed by atoms with Crippen LogP contribution in [0.4, 0.5) is 5.69 Å². The number of ether oxygens (including phenoxy) is 1. The lowest BCUT2D eigenvalue weighted by molar-refractivity contribution is -0.122. The van der Waals surface area contributed by atoms with E-state index in [0.29, 0.717) is 30.2 Å². The smallest absolute Gasteiger partial charge is 0.243 e. The van der Waals surface area contributed by atoms with Crippen LogP contribution in [-0.2, 0) is 14.8 Å². The van der Waals surface area contributed by atoms with Gasteiger partial charge in [0.2, 0.25) is 15.9 Å². The molecule has 0 fully saturated rings. The van der Waals surface area contributed by atoms with E-state index in [2.05, 4.69) is 5.32 Å². The summed E-state index contributed by atoms with van der Waals surface area (Å²) in [7, 11) is -2.10. The molecule has 0 saturated carbocycles. The Hall–Kier alpha value is -2.19. The van der Waals surface area contributed by atoms with E-state index in [4.69, 9.17) is 4.74 Å². The zero-order valence-electron chi connectivity index (χ0n) is 17.2. The molecule has 0 heterocycles. The number of anilines is 1. The SMILES string of the molecule is CC[C@H](C(=O)NCCSc1ccc(C)cc1)N(c1ccc(OC)cc1)S(C)(=O)=O. The Kier molecular flexibility index (Phi) is 8.40. The maximum atomic E-state index is 12.8. The minimum Gasteiger partial charge on any atom is -0.497 e. The summed E-state index contributed by atoms with van der Waals surface area (Å²) in [6.45, 7) is 4.29. The molecule has 29 heavy (non-hydrogen) atoms. The quantitative estimate of drug-likeness (QED) is 0.456. The molecule has 0 radical (unpaired) electrons. The number of carbonyl (C=O) groups excluding carboxylic acids is 1. The summed E-state index contributed by atoms with van der Waals surface area (Å²) in [5.74, 6) is 1.01. The lowest BCUT2D eigenvalue weighted by atomic mass is 10.2. The number of thioether (sulfide) groups is 1. The first kappa shape index (κ1) is 23.1. The van der Waals surface area contributed by atoms with Crippen LogP contribution in [-0.4, -0.2) is 46.0 Å². The second-order valence-corrected chi connectivity index (χ2v) is 9.66. The van der Waals surface area contributed by atoms with Gasteiger partial charge in [0.05, 0.1) is 19.1 Å². The van der Waals surface area contributed by atoms with E-state index >= 15 is 0 Å². The van der Waals surface area contributed by atoms with Crippen molar-refractivity contribution in [2.24, 2.45) is 0 Å². The maximum Gasteiger partial charge on any atom is 0.243 e. The van der Waals surface area contributed by atoms with Crippen molar-refractivity contribution >= 4 is 33.4 Å². The molecule has 0 aromatic heterocycles. The predicted octanol–water partition coefficient (Wildman–Crippen LogP) is 3.46. The van der Waals surface area contributed by atoms with Crippen molar-refractivity contribution in [1.82, 2.24) is 5.32 Å². The molecule has 0 saturated heterocycles. The minimum absolute atomic E-state index is 0.307. The van der Waals surface area contributed by atoms with E-state index in [9.17, 15) is 13.2 Å². The molecule has 2 rings (SSSR count). The summed E-state index contributed by atoms with van der Waals surface area (Å²) in [5.41, 5.74) is 1.64. The van der Waals surface area contributed by atoms with Gasteiger partial charge >= 0.3 is 0 Å². The van der Waals surface area contributed by atoms with Gasteiger partial charge in [0.25, 0.3) is 0 Å². The molecule has 0 bridgehead atoms. The van der Waals surface area contributed by atoms with Gasteiger partial charge < -0.3 is 10.1 Å². The zero-order chi connectivity index (χ0) is 21.4. The number of methoxy groups -OCH3 is 1. The van der Waals surface area contributed by atoms with E-state index in [-0.39, 0.29) is 5.91 Å². The highest BCUT2D eigenvalue weighted by molar-refractivity contribution is 7.99. The molecule has 0 aliphatic rings. The van der Waals surface area contributed by atoms with Gasteiger partial charge in [-0.2, -0.15) is 0 Å². The molecular formula is C21H28N2O4S2. The van der Waals surface area contributed by atoms with Crippen LogP contribution in [0, 0.1) is 6.92 Å². The summed E-state index contributed by atoms with van der Waals surface area (Å²) >= 11 is 1.64. The fourth-order valence-electron chi connectivity index (χ4n) is 2.88. The number of hydrogen-bond donors (Lipinski definition) is 1. The van der Waals surface area contributed by atoms with Crippen LogP contribution in [0.1, 0.15) is 18.9 Å². The van der Waals surface area contributed by atoms with Crippen LogP contribution in [0.15, 0.2) is 53.4 Å². The van der Waals surface area contributed by atoms with Gasteiger partial charge in [-0.3, -0.25) is 9.10 Å². The highest BCUT2D eigenvalue weighted by atomic mass is 32.2. The van der Waals surface area contributed by atoms with Gasteiger partial charge in [-0.25, -0.2) is 8.42 Å². The third kappa shape index (κ3) is 6.68. The molecule has 0 unspecified atom stereocenters. The second kappa shape index (κ2) is 10.5. The van der Waals surface area contributed by atoms with Crippen molar-refractivity contribution < 1.29 is 17.9 Å². The fourth-order valence-corrected chi connectivity index (χ4v) is 4.86. The molecule has 0 aliphatic heterocycles. The molecule has 8 heteroatoms. The predicted molar refractivity (Wildman–Crippen MR) is 119 cm³/mol. The Morgan fingerprint density at radius 2 is 1.76 bits per heavy atom. The van der Waals surface area contributed by atoms with E-state index in [0.717, 1.165) is 11.2 Å². The first-order valence-corrected chi connectivity index (χ1v) is 12.2. The maximum absolute atomic E-state index is 12.8. The van der Waals surface area contributed by atoms with Crippen LogP contribution in [0.5, 0.6) is 5.75 Å². The number of nitrogens with one attached hydrogen (secondary N) is 1. The summed E-state index contributed by atoms with van der Waals surface area (Å²) in [6, 6.07) is 14.0. The first-order chi connectivity index (χ1) is 13.8. The van der Waals surface area contributed by atoms with Gasteiger partial charge in [-0.15, -0.1) is 11.8 Å². The number of nitrogens with zero attached hydrogens (tertiary/aromatic N) is 1. The number of amides is 1. The van der Waals surface area contributed by atoms with E-state index < -0.39 is 16.1 Å². The summed E-state index contributed by atoms with van der Waals surface area (Å²) in [5, 5.41) is 2.87. The van der Waals surface area contributed by atoms with Crippen molar-refractivity contribution in [2.75, 3.05) is 30.0 Å². The normalized spacial score (nSPS) is 12.3. The molecule has 6 nitrogen and oxygen atoms in total. The lowest BCUT2D eigenvalue weighted by Crippen LogP contribution is -2.49. The van der Waals surface area contributed by atoms with Crippen molar-refractivity contribution in [3.05, 3.63) is 54.1 Å². The van der Waals surface area contributed by atoms with E-state index in [1.165, 1.54) is 9.87 Å². The zero-order valence-corrected chi connectivity index (χ0v) is 18.8. The Labute approximate surface area is 177 Å². The summed E-state index contributed by atoms with van der Waals surface area (Å²) in [4.78, 5) is 13.9. The molecule has 2 aromatic carbocycles. The molecule has 0 spiro atoms. The van der Waals surface area contributed by atoms with Crippen molar-refractivity contribution in [1.29, 1.82) is 0 Å². The Morgan fingerprint density at radius 1 is 1.14 bits per heavy atom. The highest BCUT2D eigenvalue weighted by Gasteiger charge is 2.31. The molecule has 158 valence electrons. The van der Waals surface area contributed by atoms with Gasteiger partial charge in [0.1, 0.15) is 11.8 Å². The van der Waals surface area contributed by atoms with Gasteiger partial charge in [0.15, 0.2) is 0 Å². The van der Waals surface area contributed by atoms with Crippen LogP contribution in [0.3, 0.4) is 0 Å². The van der Waals surface area contributed by atoms with Gasteiger partial charge in [-0.1, -0.05) is 24.6 Å². The largest absolute Gasteiger partial charge is 0.497 e. The molecule has 1 atom stereocenters. The number of rotatable bonds is 10. The Balaban J connectivity index is 2.04. The third-order valence-electron chi connectivity index (χ3n) is 4.35. The molecular weight excluding hydrogens is 408 g/mol. The molecule has 2 aromatic rings. The monoisotopic (exact) mass is 436 g/mol. The van der Waals surface area contributed by atoms with Crippen LogP contribution >= 0.6 is 11.8 Å². The second-order valence-electron chi connectivity index (χ2n) is 6.63. The van der Waals surface area contributed by atoms with Crippen molar-refractivity contribution in [2.45, 2.75) is 31.2 Å². The summed E-state index contributed by atoms with van der Waals surface area (Å²) in [6.07, 6.45) is 1.47. The number of hydrogen-bond acceptors (Lipinski definition) is 5. The molecule has 1 amide bonds. The third-order valence-corrected chi connectivity index (χ3v) is 6.54. The summed E-state index contributed by atoms with van der Waals surface area (Å²) < 4.78 is 31.2. The van der Waals surface area contributed by atoms with E-state index in [1.54, 1.807) is 50.1 Å². The average molecular weight is 437 g/mol. The highest BCUT2D eigenvalue weighted by Crippen LogP contribution is 2.25. The number of carbonyl (C=O) groups is 1. The van der Waals surface area contributed by atoms with Crippen molar-refractivity contribution in [3.63, 3.8) is 0 Å². The fraction of sp³-hybridized carbons (Fsp3) is 0.381. The van der Waals surface area contributed by atoms with Gasteiger partial charge in [0, 0.05) is 17.2 Å². The number of sulfonamides is 1. The molecule has 0 aliphatic carbocycles. The minimum atomic E-state index is -3.65. The number of benzene rings is 2. The first-order valence-electron chi connectivity index (χ1n) is 9.37. The Morgan fingerprint density at radius 3 is 2.28 bits per heavy atom. The topological polar surface area (TPSA) is 75.7 Å². The average Bonchev–Trinajstić information content (AvgIpc) is 2.69. The van der Waals surface area contributed by atoms with Crippen LogP contribution in [0.2, 0.25) is 0 Å². The lowest BCUT2D eigenvalue weighted by Gasteiger charge is -2.30. The van der Waals surface area contributed by atoms with Crippen LogP contribution in [0.25, 0.3) is 0 Å². The van der Waals surface area contributed by atoms with E-state index in [1.807, 2.05) is 31.2 Å². The standard InChI is InChI=1S/C21H28N2O4S2/c1-5-20(21(24)22-14-15-28-19-12-6-16(2)7-13-19)23(29(4,25)26)17-8-10-18(27-3)11-9-17/h6-13,20H,5,14-15H2,1-4H3,(H,22,24)/t20-/m1/s1. The van der Waals surface area contributed by atoms with Crippen LogP contribution < -0.4 is 14.4 Å². The molecule has 1 N–H and O–H groups in total. The number of aryl methyl sites for hydroxylation is 1. The van der Waals surface area contributed by atoms with Gasteiger partial charge in [-0.05, 0) is 49.7 Å². The Bertz CT molecular complexity index is 897. The van der Waals surface area contributed by atoms with Crippen molar-refractivity contribution in [3.8, 4) is 5.75 Å².